The maximum absolute atomic E-state index is 8.95. The van der Waals surface area contributed by atoms with Gasteiger partial charge < -0.3 is 9.53 Å². The number of aliphatic hydroxyl groups excluding tert-OH is 1. The van der Waals surface area contributed by atoms with Crippen molar-refractivity contribution in [3.8, 4) is 0 Å². The fraction of sp³-hybridized carbons (Fsp3) is 0.778. The van der Waals surface area contributed by atoms with Crippen LogP contribution in [0.15, 0.2) is 24.3 Å². The molecule has 0 aromatic carbocycles. The Bertz CT molecular complexity index is 297. The van der Waals surface area contributed by atoms with Gasteiger partial charge in [0.15, 0.2) is 0 Å². The van der Waals surface area contributed by atoms with E-state index in [2.05, 4.69) is 65.8 Å². The summed E-state index contributed by atoms with van der Waals surface area (Å²) in [5.74, 6) is 0.341. The quantitative estimate of drug-likeness (QED) is 0.437. The number of rotatable bonds is 10. The van der Waals surface area contributed by atoms with Crippen molar-refractivity contribution in [3.05, 3.63) is 24.3 Å². The number of aliphatic hydroxyl groups is 1. The molecule has 0 aliphatic heterocycles. The van der Waals surface area contributed by atoms with Crippen molar-refractivity contribution >= 4 is 8.32 Å². The smallest absolute Gasteiger partial charge is 0.200 e. The second-order valence-corrected chi connectivity index (χ2v) is 12.5. The molecule has 0 amide bonds. The maximum Gasteiger partial charge on any atom is 0.200 e. The summed E-state index contributed by atoms with van der Waals surface area (Å²) in [4.78, 5) is 0. The average molecular weight is 313 g/mol. The van der Waals surface area contributed by atoms with Crippen LogP contribution in [0.3, 0.4) is 0 Å². The lowest BCUT2D eigenvalue weighted by Gasteiger charge is -2.41. The highest BCUT2D eigenvalue weighted by Crippen LogP contribution is 2.42. The van der Waals surface area contributed by atoms with Gasteiger partial charge in [-0.05, 0) is 29.0 Å². The topological polar surface area (TPSA) is 29.5 Å². The Kier molecular flexibility index (Phi) is 10.2. The number of hydrogen-bond donors (Lipinski definition) is 1. The van der Waals surface area contributed by atoms with Crippen LogP contribution in [-0.4, -0.2) is 26.6 Å². The van der Waals surface area contributed by atoms with Crippen LogP contribution in [0, 0.1) is 5.92 Å². The second-order valence-electron chi connectivity index (χ2n) is 7.01. The van der Waals surface area contributed by atoms with Gasteiger partial charge in [0.2, 0.25) is 8.32 Å². The van der Waals surface area contributed by atoms with E-state index in [0.717, 1.165) is 6.42 Å². The van der Waals surface area contributed by atoms with Crippen molar-refractivity contribution in [3.63, 3.8) is 0 Å². The predicted molar refractivity (Wildman–Crippen MR) is 96.1 cm³/mol. The molecule has 0 aliphatic rings. The zero-order chi connectivity index (χ0) is 16.5. The maximum atomic E-state index is 8.95. The third-order valence-corrected chi connectivity index (χ3v) is 10.5. The first-order valence-corrected chi connectivity index (χ1v) is 10.5. The molecular weight excluding hydrogens is 276 g/mol. The van der Waals surface area contributed by atoms with Crippen LogP contribution in [0.2, 0.25) is 16.6 Å². The normalized spacial score (nSPS) is 15.2. The summed E-state index contributed by atoms with van der Waals surface area (Å²) in [7, 11) is -1.73. The van der Waals surface area contributed by atoms with Crippen LogP contribution in [-0.2, 0) is 4.43 Å². The van der Waals surface area contributed by atoms with Gasteiger partial charge in [-0.1, -0.05) is 72.8 Å². The lowest BCUT2D eigenvalue weighted by molar-refractivity contribution is 0.239. The van der Waals surface area contributed by atoms with Crippen LogP contribution in [0.1, 0.15) is 54.9 Å². The molecule has 21 heavy (non-hydrogen) atoms. The van der Waals surface area contributed by atoms with Crippen LogP contribution < -0.4 is 0 Å². The van der Waals surface area contributed by atoms with Crippen LogP contribution in [0.25, 0.3) is 0 Å². The summed E-state index contributed by atoms with van der Waals surface area (Å²) in [6.45, 7) is 16.9. The summed E-state index contributed by atoms with van der Waals surface area (Å²) >= 11 is 0. The first-order chi connectivity index (χ1) is 9.78. The zero-order valence-electron chi connectivity index (χ0n) is 15.1. The van der Waals surface area contributed by atoms with E-state index in [1.807, 2.05) is 6.92 Å². The van der Waals surface area contributed by atoms with Crippen LogP contribution in [0.4, 0.5) is 0 Å². The molecule has 0 radical (unpaired) electrons. The molecular formula is C18H36O2Si. The van der Waals surface area contributed by atoms with E-state index in [-0.39, 0.29) is 6.61 Å². The first kappa shape index (κ1) is 20.6. The minimum atomic E-state index is -1.73. The van der Waals surface area contributed by atoms with Crippen molar-refractivity contribution < 1.29 is 9.53 Å². The van der Waals surface area contributed by atoms with Gasteiger partial charge in [-0.25, -0.2) is 0 Å². The molecule has 0 saturated heterocycles. The van der Waals surface area contributed by atoms with Gasteiger partial charge in [-0.15, -0.1) is 0 Å². The summed E-state index contributed by atoms with van der Waals surface area (Å²) in [6, 6.07) is 0. The Balaban J connectivity index is 4.45. The Morgan fingerprint density at radius 1 is 0.857 bits per heavy atom. The highest BCUT2D eigenvalue weighted by atomic mass is 28.4. The molecule has 0 aromatic rings. The van der Waals surface area contributed by atoms with Crippen molar-refractivity contribution in [1.82, 2.24) is 0 Å². The predicted octanol–water partition coefficient (Wildman–Crippen LogP) is 5.31. The van der Waals surface area contributed by atoms with Crippen LogP contribution in [0.5, 0.6) is 0 Å². The Morgan fingerprint density at radius 2 is 1.33 bits per heavy atom. The highest BCUT2D eigenvalue weighted by Gasteiger charge is 2.44. The Morgan fingerprint density at radius 3 is 1.76 bits per heavy atom. The molecule has 124 valence electrons. The van der Waals surface area contributed by atoms with Gasteiger partial charge in [0, 0.05) is 6.61 Å². The minimum absolute atomic E-state index is 0.252. The van der Waals surface area contributed by atoms with Gasteiger partial charge in [0.05, 0.1) is 6.61 Å². The zero-order valence-corrected chi connectivity index (χ0v) is 16.1. The minimum Gasteiger partial charge on any atom is -0.412 e. The van der Waals surface area contributed by atoms with Gasteiger partial charge in [0.25, 0.3) is 0 Å². The van der Waals surface area contributed by atoms with E-state index in [4.69, 9.17) is 9.53 Å². The summed E-state index contributed by atoms with van der Waals surface area (Å²) in [5, 5.41) is 8.95. The molecule has 0 aliphatic carbocycles. The monoisotopic (exact) mass is 312 g/mol. The fourth-order valence-corrected chi connectivity index (χ4v) is 8.68. The first-order valence-electron chi connectivity index (χ1n) is 8.35. The molecule has 0 spiro atoms. The second kappa shape index (κ2) is 10.4. The van der Waals surface area contributed by atoms with Crippen molar-refractivity contribution in [2.45, 2.75) is 71.5 Å². The fourth-order valence-electron chi connectivity index (χ4n) is 3.29. The van der Waals surface area contributed by atoms with E-state index in [9.17, 15) is 0 Å². The van der Waals surface area contributed by atoms with Gasteiger partial charge in [-0.3, -0.25) is 0 Å². The average Bonchev–Trinajstić information content (AvgIpc) is 2.40. The van der Waals surface area contributed by atoms with Gasteiger partial charge >= 0.3 is 0 Å². The van der Waals surface area contributed by atoms with E-state index >= 15 is 0 Å². The van der Waals surface area contributed by atoms with Gasteiger partial charge in [0.1, 0.15) is 0 Å². The summed E-state index contributed by atoms with van der Waals surface area (Å²) in [5.41, 5.74) is 1.89. The molecule has 0 saturated carbocycles. The Hall–Kier alpha value is -0.383. The molecule has 0 aromatic heterocycles. The van der Waals surface area contributed by atoms with E-state index < -0.39 is 8.32 Å². The van der Waals surface area contributed by atoms with Crippen molar-refractivity contribution in [2.24, 2.45) is 5.92 Å². The van der Waals surface area contributed by atoms with Crippen molar-refractivity contribution in [2.75, 3.05) is 13.2 Å². The van der Waals surface area contributed by atoms with E-state index in [0.29, 0.717) is 29.1 Å². The third-order valence-electron chi connectivity index (χ3n) is 4.37. The lowest BCUT2D eigenvalue weighted by atomic mass is 10.1. The van der Waals surface area contributed by atoms with E-state index in [1.54, 1.807) is 0 Å². The summed E-state index contributed by atoms with van der Waals surface area (Å²) in [6.07, 6.45) is 9.25. The molecule has 0 bridgehead atoms. The number of allylic oxidation sites excluding steroid dienone is 3. The molecule has 0 fully saturated rings. The highest BCUT2D eigenvalue weighted by molar-refractivity contribution is 6.77. The molecule has 1 atom stereocenters. The molecule has 2 nitrogen and oxygen atoms in total. The largest absolute Gasteiger partial charge is 0.412 e. The van der Waals surface area contributed by atoms with Gasteiger partial charge in [-0.2, -0.15) is 0 Å². The standard InChI is InChI=1S/C18H36O2Si/c1-15(2)21(16(3)4,17(5)6)20-13-11-9-8-10-12-18(7)14-19/h8-11,15-19H,12-14H2,1-7H3/b10-8+,11-9+/t18-/m0/s1. The lowest BCUT2D eigenvalue weighted by Crippen LogP contribution is -2.47. The molecule has 0 heterocycles. The molecule has 1 N–H and O–H groups in total. The molecule has 3 heteroatoms. The van der Waals surface area contributed by atoms with Crippen LogP contribution >= 0.6 is 0 Å². The van der Waals surface area contributed by atoms with Crippen molar-refractivity contribution in [1.29, 1.82) is 0 Å². The van der Waals surface area contributed by atoms with E-state index in [1.165, 1.54) is 0 Å². The molecule has 0 unspecified atom stereocenters. The summed E-state index contributed by atoms with van der Waals surface area (Å²) < 4.78 is 6.44. The molecule has 0 rings (SSSR count). The number of hydrogen-bond acceptors (Lipinski definition) is 2. The Labute approximate surface area is 133 Å². The third kappa shape index (κ3) is 6.49. The SMILES string of the molecule is CC(C)[Si](OC/C=C/C=C/C[C@H](C)CO)(C(C)C)C(C)C.